The van der Waals surface area contributed by atoms with Crippen molar-refractivity contribution in [3.8, 4) is 0 Å². The first-order valence-electron chi connectivity index (χ1n) is 8.56. The minimum Gasteiger partial charge on any atom is -0.362 e. The molecule has 1 aliphatic rings. The topological polar surface area (TPSA) is 66.8 Å². The summed E-state index contributed by atoms with van der Waals surface area (Å²) in [5, 5.41) is 0.498. The fourth-order valence-corrected chi connectivity index (χ4v) is 3.46. The number of nitrogens with one attached hydrogen (secondary N) is 1. The van der Waals surface area contributed by atoms with Crippen molar-refractivity contribution in [2.45, 2.75) is 25.1 Å². The molecule has 0 bridgehead atoms. The number of H-pyrrole nitrogens is 1. The van der Waals surface area contributed by atoms with E-state index in [1.54, 1.807) is 25.2 Å². The van der Waals surface area contributed by atoms with Gasteiger partial charge in [-0.3, -0.25) is 4.57 Å². The van der Waals surface area contributed by atoms with Crippen molar-refractivity contribution in [1.29, 1.82) is 0 Å². The van der Waals surface area contributed by atoms with Crippen LogP contribution in [0.25, 0.3) is 10.9 Å². The smallest absolute Gasteiger partial charge is 0.362 e. The molecule has 1 saturated carbocycles. The van der Waals surface area contributed by atoms with Gasteiger partial charge in [0.25, 0.3) is 0 Å². The molecule has 1 N–H and O–H groups in total. The molecule has 1 aliphatic carbocycles. The van der Waals surface area contributed by atoms with Crippen molar-refractivity contribution in [3.05, 3.63) is 52.5 Å². The van der Waals surface area contributed by atoms with E-state index in [2.05, 4.69) is 15.0 Å². The molecular weight excluding hydrogens is 359 g/mol. The maximum Gasteiger partial charge on any atom is 0.416 e. The Labute approximate surface area is 152 Å². The van der Waals surface area contributed by atoms with Crippen LogP contribution in [0.5, 0.6) is 0 Å². The highest BCUT2D eigenvalue weighted by atomic mass is 19.4. The molecule has 0 spiro atoms. The zero-order valence-corrected chi connectivity index (χ0v) is 14.8. The van der Waals surface area contributed by atoms with Gasteiger partial charge in [-0.05, 0) is 37.0 Å². The number of imidazole rings is 1. The molecule has 0 saturated heterocycles. The molecule has 2 heterocycles. The average Bonchev–Trinajstić information content (AvgIpc) is 3.29. The van der Waals surface area contributed by atoms with Crippen LogP contribution in [-0.4, -0.2) is 33.6 Å². The Morgan fingerprint density at radius 1 is 1.30 bits per heavy atom. The fourth-order valence-electron chi connectivity index (χ4n) is 3.46. The first kappa shape index (κ1) is 17.6. The Morgan fingerprint density at radius 2 is 2.04 bits per heavy atom. The third-order valence-corrected chi connectivity index (χ3v) is 4.84. The quantitative estimate of drug-likeness (QED) is 0.758. The zero-order valence-electron chi connectivity index (χ0n) is 14.8. The fraction of sp³-hybridized carbons (Fsp3) is 0.389. The van der Waals surface area contributed by atoms with E-state index in [1.807, 2.05) is 0 Å². The summed E-state index contributed by atoms with van der Waals surface area (Å²) in [5.41, 5.74) is -0.451. The predicted octanol–water partition coefficient (Wildman–Crippen LogP) is 3.20. The van der Waals surface area contributed by atoms with Crippen LogP contribution in [0.2, 0.25) is 0 Å². The van der Waals surface area contributed by atoms with Gasteiger partial charge in [0.2, 0.25) is 0 Å². The summed E-state index contributed by atoms with van der Waals surface area (Å²) >= 11 is 0. The summed E-state index contributed by atoms with van der Waals surface area (Å²) in [6.45, 7) is 0. The average molecular weight is 377 g/mol. The molecule has 142 valence electrons. The van der Waals surface area contributed by atoms with E-state index in [-0.39, 0.29) is 11.4 Å². The van der Waals surface area contributed by atoms with Gasteiger partial charge in [0.1, 0.15) is 5.82 Å². The third kappa shape index (κ3) is 3.07. The molecule has 0 aliphatic heterocycles. The van der Waals surface area contributed by atoms with Crippen molar-refractivity contribution in [1.82, 2.24) is 19.5 Å². The number of anilines is 1. The molecule has 6 nitrogen and oxygen atoms in total. The van der Waals surface area contributed by atoms with Crippen molar-refractivity contribution < 1.29 is 13.2 Å². The molecular formula is C18H18F3N5O. The molecule has 0 amide bonds. The number of aromatic amines is 1. The lowest BCUT2D eigenvalue weighted by Crippen LogP contribution is -2.31. The van der Waals surface area contributed by atoms with E-state index in [1.165, 1.54) is 17.0 Å². The van der Waals surface area contributed by atoms with E-state index in [0.29, 0.717) is 16.9 Å². The van der Waals surface area contributed by atoms with Gasteiger partial charge >= 0.3 is 11.9 Å². The van der Waals surface area contributed by atoms with Gasteiger partial charge in [-0.15, -0.1) is 0 Å². The molecule has 9 heteroatoms. The summed E-state index contributed by atoms with van der Waals surface area (Å²) in [6, 6.07) is 3.02. The van der Waals surface area contributed by atoms with Crippen LogP contribution in [-0.2, 0) is 6.18 Å². The van der Waals surface area contributed by atoms with Crippen molar-refractivity contribution >= 4 is 16.7 Å². The number of alkyl halides is 3. The van der Waals surface area contributed by atoms with Gasteiger partial charge in [-0.1, -0.05) is 0 Å². The molecule has 1 aromatic carbocycles. The first-order chi connectivity index (χ1) is 12.8. The SMILES string of the molecule is CN(C)c1nc(=O)n(C(c2cnc[nH]2)C2CC2)c2cc(C(F)(F)F)ccc12. The van der Waals surface area contributed by atoms with E-state index < -0.39 is 23.5 Å². The van der Waals surface area contributed by atoms with Gasteiger partial charge in [0.15, 0.2) is 0 Å². The monoisotopic (exact) mass is 377 g/mol. The van der Waals surface area contributed by atoms with Crippen LogP contribution >= 0.6 is 0 Å². The summed E-state index contributed by atoms with van der Waals surface area (Å²) in [4.78, 5) is 25.7. The summed E-state index contributed by atoms with van der Waals surface area (Å²) < 4.78 is 41.3. The van der Waals surface area contributed by atoms with Crippen LogP contribution in [0.4, 0.5) is 19.0 Å². The van der Waals surface area contributed by atoms with Crippen molar-refractivity contribution in [2.24, 2.45) is 5.92 Å². The lowest BCUT2D eigenvalue weighted by molar-refractivity contribution is -0.137. The van der Waals surface area contributed by atoms with Crippen molar-refractivity contribution in [3.63, 3.8) is 0 Å². The summed E-state index contributed by atoms with van der Waals surface area (Å²) in [6.07, 6.45) is 0.396. The molecule has 3 aromatic rings. The van der Waals surface area contributed by atoms with Crippen LogP contribution < -0.4 is 10.6 Å². The molecule has 1 fully saturated rings. The predicted molar refractivity (Wildman–Crippen MR) is 94.8 cm³/mol. The molecule has 1 atom stereocenters. The number of hydrogen-bond donors (Lipinski definition) is 1. The molecule has 0 radical (unpaired) electrons. The lowest BCUT2D eigenvalue weighted by atomic mass is 10.1. The summed E-state index contributed by atoms with van der Waals surface area (Å²) in [7, 11) is 3.41. The minimum absolute atomic E-state index is 0.160. The second-order valence-corrected chi connectivity index (χ2v) is 7.00. The maximum atomic E-state index is 13.3. The third-order valence-electron chi connectivity index (χ3n) is 4.84. The minimum atomic E-state index is -4.50. The van der Waals surface area contributed by atoms with Crippen LogP contribution in [0.3, 0.4) is 0 Å². The van der Waals surface area contributed by atoms with Gasteiger partial charge in [0.05, 0.1) is 35.3 Å². The Morgan fingerprint density at radius 3 is 2.59 bits per heavy atom. The molecule has 2 aromatic heterocycles. The highest BCUT2D eigenvalue weighted by Crippen LogP contribution is 2.44. The standard InChI is InChI=1S/C18H18F3N5O/c1-25(2)16-12-6-5-11(18(19,20)21)7-14(12)26(17(27)24-16)15(10-3-4-10)13-8-22-9-23-13/h5-10,15H,3-4H2,1-2H3,(H,22,23). The van der Waals surface area contributed by atoms with Gasteiger partial charge in [-0.2, -0.15) is 18.2 Å². The van der Waals surface area contributed by atoms with Gasteiger partial charge in [-0.25, -0.2) is 9.78 Å². The molecule has 1 unspecified atom stereocenters. The number of rotatable bonds is 4. The number of benzene rings is 1. The van der Waals surface area contributed by atoms with Crippen LogP contribution in [0.1, 0.15) is 30.1 Å². The Hall–Kier alpha value is -2.84. The molecule has 4 rings (SSSR count). The number of aromatic nitrogens is 4. The zero-order chi connectivity index (χ0) is 19.3. The maximum absolute atomic E-state index is 13.3. The van der Waals surface area contributed by atoms with E-state index >= 15 is 0 Å². The van der Waals surface area contributed by atoms with Gasteiger partial charge in [0, 0.05) is 19.5 Å². The Balaban J connectivity index is 2.05. The number of halogens is 3. The summed E-state index contributed by atoms with van der Waals surface area (Å²) in [5.74, 6) is 0.507. The normalized spacial score (nSPS) is 15.9. The second-order valence-electron chi connectivity index (χ2n) is 7.00. The first-order valence-corrected chi connectivity index (χ1v) is 8.56. The van der Waals surface area contributed by atoms with E-state index in [9.17, 15) is 18.0 Å². The van der Waals surface area contributed by atoms with Crippen LogP contribution in [0, 0.1) is 5.92 Å². The number of fused-ring (bicyclic) bond motifs is 1. The van der Waals surface area contributed by atoms with Gasteiger partial charge < -0.3 is 9.88 Å². The van der Waals surface area contributed by atoms with E-state index in [4.69, 9.17) is 0 Å². The number of hydrogen-bond acceptors (Lipinski definition) is 4. The lowest BCUT2D eigenvalue weighted by Gasteiger charge is -2.23. The Kier molecular flexibility index (Phi) is 3.97. The highest BCUT2D eigenvalue weighted by molar-refractivity contribution is 5.90. The molecule has 27 heavy (non-hydrogen) atoms. The van der Waals surface area contributed by atoms with Crippen molar-refractivity contribution in [2.75, 3.05) is 19.0 Å². The van der Waals surface area contributed by atoms with Crippen LogP contribution in [0.15, 0.2) is 35.5 Å². The number of nitrogens with zero attached hydrogens (tertiary/aromatic N) is 4. The largest absolute Gasteiger partial charge is 0.416 e. The Bertz CT molecular complexity index is 1040. The highest BCUT2D eigenvalue weighted by Gasteiger charge is 2.37. The second kappa shape index (κ2) is 6.11. The van der Waals surface area contributed by atoms with E-state index in [0.717, 1.165) is 25.0 Å².